The van der Waals surface area contributed by atoms with Crippen molar-refractivity contribution in [1.29, 1.82) is 0 Å². The second kappa shape index (κ2) is 5.91. The van der Waals surface area contributed by atoms with Gasteiger partial charge in [-0.05, 0) is 37.3 Å². The fourth-order valence-corrected chi connectivity index (χ4v) is 2.60. The van der Waals surface area contributed by atoms with Gasteiger partial charge in [-0.25, -0.2) is 0 Å². The van der Waals surface area contributed by atoms with Gasteiger partial charge in [0.05, 0.1) is 0 Å². The largest absolute Gasteiger partial charge is 0.481 e. The molecule has 104 valence electrons. The molecule has 19 heavy (non-hydrogen) atoms. The zero-order valence-corrected chi connectivity index (χ0v) is 11.2. The van der Waals surface area contributed by atoms with E-state index in [1.165, 1.54) is 0 Å². The molecule has 0 saturated carbocycles. The summed E-state index contributed by atoms with van der Waals surface area (Å²) in [6.07, 6.45) is 4.64. The number of carbonyl (C=O) groups is 2. The normalized spacial score (nSPS) is 16.6. The van der Waals surface area contributed by atoms with Crippen molar-refractivity contribution in [3.05, 3.63) is 24.0 Å². The molecule has 0 radical (unpaired) electrons. The molecule has 1 aromatic heterocycles. The van der Waals surface area contributed by atoms with E-state index >= 15 is 0 Å². The summed E-state index contributed by atoms with van der Waals surface area (Å²) in [5.41, 5.74) is 0.712. The van der Waals surface area contributed by atoms with E-state index in [0.717, 1.165) is 32.4 Å². The quantitative estimate of drug-likeness (QED) is 0.901. The van der Waals surface area contributed by atoms with Crippen molar-refractivity contribution in [2.45, 2.75) is 25.7 Å². The first-order valence-corrected chi connectivity index (χ1v) is 6.70. The summed E-state index contributed by atoms with van der Waals surface area (Å²) < 4.78 is 1.83. The number of carboxylic acids is 1. The van der Waals surface area contributed by atoms with Crippen LogP contribution < -0.4 is 0 Å². The molecule has 1 aromatic rings. The van der Waals surface area contributed by atoms with Gasteiger partial charge >= 0.3 is 5.97 Å². The lowest BCUT2D eigenvalue weighted by Gasteiger charge is -2.31. The molecule has 1 aliphatic heterocycles. The Morgan fingerprint density at radius 1 is 1.37 bits per heavy atom. The van der Waals surface area contributed by atoms with Crippen molar-refractivity contribution in [2.75, 3.05) is 13.1 Å². The van der Waals surface area contributed by atoms with Crippen LogP contribution in [0.4, 0.5) is 0 Å². The Morgan fingerprint density at radius 2 is 2.05 bits per heavy atom. The van der Waals surface area contributed by atoms with Crippen molar-refractivity contribution in [3.63, 3.8) is 0 Å². The van der Waals surface area contributed by atoms with Crippen LogP contribution in [-0.4, -0.2) is 39.5 Å². The highest BCUT2D eigenvalue weighted by molar-refractivity contribution is 5.92. The Labute approximate surface area is 112 Å². The minimum atomic E-state index is -0.734. The Hall–Kier alpha value is -1.78. The number of carboxylic acid groups (broad SMARTS) is 1. The van der Waals surface area contributed by atoms with Crippen LogP contribution in [0.3, 0.4) is 0 Å². The fraction of sp³-hybridized carbons (Fsp3) is 0.571. The standard InChI is InChI=1S/C14H20N2O3/c1-15-8-2-3-12(15)14(19)16-9-6-11(7-10-16)4-5-13(17)18/h2-3,8,11H,4-7,9-10H2,1H3,(H,17,18). The molecular weight excluding hydrogens is 244 g/mol. The third-order valence-electron chi connectivity index (χ3n) is 3.83. The van der Waals surface area contributed by atoms with Gasteiger partial charge in [-0.3, -0.25) is 9.59 Å². The molecule has 0 bridgehead atoms. The van der Waals surface area contributed by atoms with Gasteiger partial charge in [0.2, 0.25) is 0 Å². The predicted molar refractivity (Wildman–Crippen MR) is 70.9 cm³/mol. The molecule has 5 nitrogen and oxygen atoms in total. The third-order valence-corrected chi connectivity index (χ3v) is 3.83. The van der Waals surface area contributed by atoms with Gasteiger partial charge in [0.15, 0.2) is 0 Å². The number of aryl methyl sites for hydroxylation is 1. The molecule has 1 aliphatic rings. The molecule has 0 atom stereocenters. The van der Waals surface area contributed by atoms with Crippen LogP contribution in [0.15, 0.2) is 18.3 Å². The number of aliphatic carboxylic acids is 1. The first-order valence-electron chi connectivity index (χ1n) is 6.70. The minimum Gasteiger partial charge on any atom is -0.481 e. The topological polar surface area (TPSA) is 62.5 Å². The summed E-state index contributed by atoms with van der Waals surface area (Å²) in [4.78, 5) is 24.7. The van der Waals surface area contributed by atoms with Crippen molar-refractivity contribution in [1.82, 2.24) is 9.47 Å². The van der Waals surface area contributed by atoms with Crippen molar-refractivity contribution >= 4 is 11.9 Å². The van der Waals surface area contributed by atoms with E-state index < -0.39 is 5.97 Å². The molecule has 1 amide bonds. The summed E-state index contributed by atoms with van der Waals surface area (Å²) in [6, 6.07) is 3.70. The molecule has 5 heteroatoms. The lowest BCUT2D eigenvalue weighted by Crippen LogP contribution is -2.39. The van der Waals surface area contributed by atoms with E-state index in [1.54, 1.807) is 0 Å². The number of rotatable bonds is 4. The lowest BCUT2D eigenvalue weighted by molar-refractivity contribution is -0.137. The van der Waals surface area contributed by atoms with Crippen LogP contribution >= 0.6 is 0 Å². The number of piperidine rings is 1. The molecule has 1 saturated heterocycles. The van der Waals surface area contributed by atoms with E-state index in [9.17, 15) is 9.59 Å². The molecule has 1 N–H and O–H groups in total. The van der Waals surface area contributed by atoms with Gasteiger partial charge in [-0.1, -0.05) is 0 Å². The van der Waals surface area contributed by atoms with E-state index in [-0.39, 0.29) is 12.3 Å². The summed E-state index contributed by atoms with van der Waals surface area (Å²) in [7, 11) is 1.87. The van der Waals surface area contributed by atoms with Gasteiger partial charge in [-0.2, -0.15) is 0 Å². The molecule has 2 rings (SSSR count). The van der Waals surface area contributed by atoms with Crippen molar-refractivity contribution in [3.8, 4) is 0 Å². The third kappa shape index (κ3) is 3.36. The maximum atomic E-state index is 12.3. The molecule has 2 heterocycles. The molecule has 0 aromatic carbocycles. The van der Waals surface area contributed by atoms with Gasteiger partial charge in [-0.15, -0.1) is 0 Å². The number of likely N-dealkylation sites (tertiary alicyclic amines) is 1. The monoisotopic (exact) mass is 264 g/mol. The maximum Gasteiger partial charge on any atom is 0.303 e. The Balaban J connectivity index is 1.85. The number of amides is 1. The Kier molecular flexibility index (Phi) is 4.24. The zero-order valence-electron chi connectivity index (χ0n) is 11.2. The van der Waals surface area contributed by atoms with E-state index in [4.69, 9.17) is 5.11 Å². The van der Waals surface area contributed by atoms with Gasteiger partial charge in [0, 0.05) is 32.8 Å². The predicted octanol–water partition coefficient (Wildman–Crippen LogP) is 1.74. The molecule has 0 aliphatic carbocycles. The van der Waals surface area contributed by atoms with Crippen LogP contribution in [0, 0.1) is 5.92 Å². The number of hydrogen-bond acceptors (Lipinski definition) is 2. The highest BCUT2D eigenvalue weighted by Gasteiger charge is 2.24. The minimum absolute atomic E-state index is 0.0733. The van der Waals surface area contributed by atoms with E-state index in [2.05, 4.69) is 0 Å². The average Bonchev–Trinajstić information content (AvgIpc) is 2.82. The number of carbonyl (C=O) groups excluding carboxylic acids is 1. The van der Waals surface area contributed by atoms with Crippen molar-refractivity contribution in [2.24, 2.45) is 13.0 Å². The van der Waals surface area contributed by atoms with E-state index in [0.29, 0.717) is 11.6 Å². The molecular formula is C14H20N2O3. The average molecular weight is 264 g/mol. The smallest absolute Gasteiger partial charge is 0.303 e. The Bertz CT molecular complexity index is 459. The summed E-state index contributed by atoms with van der Waals surface area (Å²) >= 11 is 0. The first kappa shape index (κ1) is 13.6. The summed E-state index contributed by atoms with van der Waals surface area (Å²) in [5.74, 6) is -0.222. The second-order valence-electron chi connectivity index (χ2n) is 5.17. The Morgan fingerprint density at radius 3 is 2.58 bits per heavy atom. The SMILES string of the molecule is Cn1cccc1C(=O)N1CCC(CCC(=O)O)CC1. The number of nitrogens with zero attached hydrogens (tertiary/aromatic N) is 2. The molecule has 0 spiro atoms. The van der Waals surface area contributed by atoms with Crippen LogP contribution in [0.1, 0.15) is 36.2 Å². The van der Waals surface area contributed by atoms with Crippen LogP contribution in [0.5, 0.6) is 0 Å². The van der Waals surface area contributed by atoms with Gasteiger partial charge in [0.1, 0.15) is 5.69 Å². The van der Waals surface area contributed by atoms with E-state index in [1.807, 2.05) is 34.8 Å². The first-order chi connectivity index (χ1) is 9.08. The lowest BCUT2D eigenvalue weighted by atomic mass is 9.92. The van der Waals surface area contributed by atoms with Crippen LogP contribution in [-0.2, 0) is 11.8 Å². The number of hydrogen-bond donors (Lipinski definition) is 1. The van der Waals surface area contributed by atoms with Gasteiger partial charge in [0.25, 0.3) is 5.91 Å². The maximum absolute atomic E-state index is 12.3. The highest BCUT2D eigenvalue weighted by atomic mass is 16.4. The number of aromatic nitrogens is 1. The molecule has 0 unspecified atom stereocenters. The zero-order chi connectivity index (χ0) is 13.8. The van der Waals surface area contributed by atoms with Crippen molar-refractivity contribution < 1.29 is 14.7 Å². The highest BCUT2D eigenvalue weighted by Crippen LogP contribution is 2.23. The summed E-state index contributed by atoms with van der Waals surface area (Å²) in [5, 5.41) is 8.67. The molecule has 1 fully saturated rings. The summed E-state index contributed by atoms with van der Waals surface area (Å²) in [6.45, 7) is 1.46. The fourth-order valence-electron chi connectivity index (χ4n) is 2.60. The van der Waals surface area contributed by atoms with Crippen LogP contribution in [0.2, 0.25) is 0 Å². The van der Waals surface area contributed by atoms with Crippen LogP contribution in [0.25, 0.3) is 0 Å². The second-order valence-corrected chi connectivity index (χ2v) is 5.17. The van der Waals surface area contributed by atoms with Gasteiger partial charge < -0.3 is 14.6 Å².